The third kappa shape index (κ3) is 5.73. The molecule has 1 saturated carbocycles. The molecule has 33 heavy (non-hydrogen) atoms. The van der Waals surface area contributed by atoms with E-state index in [9.17, 15) is 19.5 Å². The first-order valence-electron chi connectivity index (χ1n) is 11.1. The quantitative estimate of drug-likeness (QED) is 0.441. The fraction of sp³-hybridized carbons (Fsp3) is 0.565. The molecule has 180 valence electrons. The van der Waals surface area contributed by atoms with Gasteiger partial charge in [0.1, 0.15) is 5.71 Å². The summed E-state index contributed by atoms with van der Waals surface area (Å²) in [6, 6.07) is 5.42. The zero-order chi connectivity index (χ0) is 24.4. The van der Waals surface area contributed by atoms with Crippen molar-refractivity contribution in [2.45, 2.75) is 70.1 Å². The molecule has 1 spiro atoms. The number of likely N-dealkylation sites (N-methyl/N-ethyl adjacent to an activating group) is 1. The Morgan fingerprint density at radius 1 is 1.33 bits per heavy atom. The fourth-order valence-corrected chi connectivity index (χ4v) is 5.09. The summed E-state index contributed by atoms with van der Waals surface area (Å²) in [6.45, 7) is 5.32. The van der Waals surface area contributed by atoms with E-state index in [0.29, 0.717) is 24.5 Å². The number of hydrazone groups is 1. The van der Waals surface area contributed by atoms with E-state index in [1.807, 2.05) is 25.1 Å². The number of carbonyl (C=O) groups is 3. The van der Waals surface area contributed by atoms with Gasteiger partial charge in [0.2, 0.25) is 0 Å². The van der Waals surface area contributed by atoms with E-state index in [1.54, 1.807) is 13.8 Å². The molecule has 0 unspecified atom stereocenters. The van der Waals surface area contributed by atoms with Gasteiger partial charge in [0, 0.05) is 23.1 Å². The van der Waals surface area contributed by atoms with Crippen molar-refractivity contribution in [1.29, 1.82) is 0 Å². The average Bonchev–Trinajstić information content (AvgIpc) is 2.74. The molecule has 0 bridgehead atoms. The Morgan fingerprint density at radius 2 is 2.00 bits per heavy atom. The number of carbonyl (C=O) groups excluding carboxylic acids is 3. The van der Waals surface area contributed by atoms with E-state index in [1.165, 1.54) is 7.05 Å². The molecular formula is C23H31BrN4O5. The Hall–Kier alpha value is -2.46. The number of rotatable bonds is 5. The van der Waals surface area contributed by atoms with Crippen LogP contribution < -0.4 is 16.1 Å². The molecule has 1 aromatic carbocycles. The average molecular weight is 523 g/mol. The molecule has 1 fully saturated rings. The number of halogens is 1. The molecule has 2 aliphatic rings. The van der Waals surface area contributed by atoms with Gasteiger partial charge >= 0.3 is 17.9 Å². The second-order valence-corrected chi connectivity index (χ2v) is 10.2. The van der Waals surface area contributed by atoms with E-state index in [0.717, 1.165) is 34.9 Å². The Bertz CT molecular complexity index is 964. The third-order valence-electron chi connectivity index (χ3n) is 6.32. The van der Waals surface area contributed by atoms with Crippen LogP contribution in [0.3, 0.4) is 0 Å². The highest BCUT2D eigenvalue weighted by molar-refractivity contribution is 9.10. The first-order valence-corrected chi connectivity index (χ1v) is 11.9. The summed E-state index contributed by atoms with van der Waals surface area (Å²) in [4.78, 5) is 35.3. The maximum Gasteiger partial charge on any atom is 0.428 e. The first kappa shape index (κ1) is 25.2. The molecule has 9 nitrogen and oxygen atoms in total. The smallest absolute Gasteiger partial charge is 0.428 e. The number of amides is 3. The lowest BCUT2D eigenvalue weighted by Crippen LogP contribution is -2.52. The maximum atomic E-state index is 12.1. The van der Waals surface area contributed by atoms with Crippen molar-refractivity contribution in [3.05, 3.63) is 33.8 Å². The molecule has 0 saturated heterocycles. The second-order valence-electron chi connectivity index (χ2n) is 9.34. The highest BCUT2D eigenvalue weighted by Crippen LogP contribution is 2.42. The third-order valence-corrected chi connectivity index (χ3v) is 6.98. The highest BCUT2D eigenvalue weighted by Gasteiger charge is 2.47. The molecule has 1 aliphatic carbocycles. The van der Waals surface area contributed by atoms with Crippen LogP contribution in [-0.4, -0.2) is 47.4 Å². The number of ether oxygens (including phenoxy) is 1. The lowest BCUT2D eigenvalue weighted by Gasteiger charge is -2.42. The van der Waals surface area contributed by atoms with Crippen LogP contribution in [0.15, 0.2) is 27.8 Å². The van der Waals surface area contributed by atoms with Gasteiger partial charge in [-0.3, -0.25) is 9.59 Å². The van der Waals surface area contributed by atoms with Crippen LogP contribution in [0.4, 0.5) is 4.79 Å². The molecule has 1 aromatic rings. The number of nitrogens with zero attached hydrogens (tertiary/aromatic N) is 1. The normalized spacial score (nSPS) is 23.8. The molecule has 0 radical (unpaired) electrons. The fourth-order valence-electron chi connectivity index (χ4n) is 4.53. The lowest BCUT2D eigenvalue weighted by atomic mass is 9.72. The van der Waals surface area contributed by atoms with Gasteiger partial charge in [-0.1, -0.05) is 28.1 Å². The van der Waals surface area contributed by atoms with Gasteiger partial charge in [0.25, 0.3) is 0 Å². The minimum absolute atomic E-state index is 0.152. The van der Waals surface area contributed by atoms with Crippen molar-refractivity contribution in [3.8, 4) is 0 Å². The number of aliphatic hydroxyl groups is 1. The largest absolute Gasteiger partial charge is 0.435 e. The van der Waals surface area contributed by atoms with Crippen molar-refractivity contribution in [2.24, 2.45) is 11.0 Å². The zero-order valence-electron chi connectivity index (χ0n) is 19.3. The maximum absolute atomic E-state index is 12.1. The lowest BCUT2D eigenvalue weighted by molar-refractivity contribution is -0.139. The molecular weight excluding hydrogens is 492 g/mol. The molecule has 1 aliphatic heterocycles. The van der Waals surface area contributed by atoms with Gasteiger partial charge in [0.05, 0.1) is 5.60 Å². The van der Waals surface area contributed by atoms with Crippen molar-refractivity contribution < 1.29 is 24.2 Å². The number of benzene rings is 1. The Labute approximate surface area is 201 Å². The highest BCUT2D eigenvalue weighted by atomic mass is 79.9. The first-order chi connectivity index (χ1) is 15.4. The van der Waals surface area contributed by atoms with E-state index in [-0.39, 0.29) is 6.04 Å². The van der Waals surface area contributed by atoms with Crippen molar-refractivity contribution >= 4 is 39.5 Å². The van der Waals surface area contributed by atoms with Gasteiger partial charge in [-0.05, 0) is 70.4 Å². The Kier molecular flexibility index (Phi) is 7.48. The van der Waals surface area contributed by atoms with E-state index in [4.69, 9.17) is 4.74 Å². The molecule has 4 N–H and O–H groups in total. The predicted octanol–water partition coefficient (Wildman–Crippen LogP) is 2.69. The summed E-state index contributed by atoms with van der Waals surface area (Å²) in [7, 11) is 1.42. The molecule has 3 rings (SSSR count). The van der Waals surface area contributed by atoms with Crippen molar-refractivity contribution in [3.63, 3.8) is 0 Å². The van der Waals surface area contributed by atoms with Crippen LogP contribution in [0.1, 0.15) is 64.0 Å². The monoisotopic (exact) mass is 522 g/mol. The van der Waals surface area contributed by atoms with Gasteiger partial charge < -0.3 is 20.5 Å². The van der Waals surface area contributed by atoms with Crippen LogP contribution in [0.5, 0.6) is 0 Å². The number of hydrogen-bond acceptors (Lipinski definition) is 6. The molecule has 10 heteroatoms. The molecule has 0 aromatic heterocycles. The van der Waals surface area contributed by atoms with Crippen molar-refractivity contribution in [2.75, 3.05) is 7.05 Å². The van der Waals surface area contributed by atoms with E-state index < -0.39 is 29.1 Å². The standard InChI is InChI=1S/C23H31BrN4O5/c1-13(26-20(30)19(29)25-4)11-14-7-9-23(10-8-14)18(27-28-21(31)33-23)16-6-5-15(12-17(16)24)22(2,3)32/h5-6,12-14,32H,7-11H2,1-4H3,(H,25,29)(H,26,30)(H,28,31)/t13-,14?,23?/m0/s1. The Morgan fingerprint density at radius 3 is 2.58 bits per heavy atom. The van der Waals surface area contributed by atoms with Crippen LogP contribution in [0.25, 0.3) is 0 Å². The summed E-state index contributed by atoms with van der Waals surface area (Å²) < 4.78 is 6.58. The summed E-state index contributed by atoms with van der Waals surface area (Å²) in [5.74, 6) is -0.988. The van der Waals surface area contributed by atoms with Gasteiger partial charge in [-0.15, -0.1) is 0 Å². The SMILES string of the molecule is CNC(=O)C(=O)N[C@@H](C)CC1CCC2(CC1)OC(=O)NN=C2c1ccc(C(C)(C)O)cc1Br. The number of hydrogen-bond donors (Lipinski definition) is 4. The summed E-state index contributed by atoms with van der Waals surface area (Å²) in [6.07, 6.45) is 2.91. The van der Waals surface area contributed by atoms with Gasteiger partial charge in [-0.2, -0.15) is 5.10 Å². The van der Waals surface area contributed by atoms with Crippen LogP contribution in [-0.2, 0) is 19.9 Å². The predicted molar refractivity (Wildman–Crippen MR) is 127 cm³/mol. The van der Waals surface area contributed by atoms with Gasteiger partial charge in [-0.25, -0.2) is 10.2 Å². The number of nitrogens with one attached hydrogen (secondary N) is 3. The molecule has 1 heterocycles. The van der Waals surface area contributed by atoms with Crippen LogP contribution in [0, 0.1) is 5.92 Å². The minimum Gasteiger partial charge on any atom is -0.435 e. The summed E-state index contributed by atoms with van der Waals surface area (Å²) >= 11 is 3.59. The Balaban J connectivity index is 1.73. The molecule has 3 amide bonds. The minimum atomic E-state index is -0.986. The van der Waals surface area contributed by atoms with E-state index in [2.05, 4.69) is 37.1 Å². The zero-order valence-corrected chi connectivity index (χ0v) is 20.9. The van der Waals surface area contributed by atoms with Gasteiger partial charge in [0.15, 0.2) is 5.60 Å². The molecule has 1 atom stereocenters. The van der Waals surface area contributed by atoms with Crippen molar-refractivity contribution in [1.82, 2.24) is 16.1 Å². The topological polar surface area (TPSA) is 129 Å². The second kappa shape index (κ2) is 9.80. The van der Waals surface area contributed by atoms with Crippen LogP contribution in [0.2, 0.25) is 0 Å². The van der Waals surface area contributed by atoms with E-state index >= 15 is 0 Å². The summed E-state index contributed by atoms with van der Waals surface area (Å²) in [5, 5.41) is 19.7. The summed E-state index contributed by atoms with van der Waals surface area (Å²) in [5.41, 5.74) is 2.80. The van der Waals surface area contributed by atoms with Crippen LogP contribution >= 0.6 is 15.9 Å².